The summed E-state index contributed by atoms with van der Waals surface area (Å²) in [5.74, 6) is 1.45. The molecule has 0 bridgehead atoms. The molecule has 2 rings (SSSR count). The summed E-state index contributed by atoms with van der Waals surface area (Å²) in [4.78, 5) is 6.63. The van der Waals surface area contributed by atoms with Crippen molar-refractivity contribution in [3.63, 3.8) is 0 Å². The summed E-state index contributed by atoms with van der Waals surface area (Å²) in [6.07, 6.45) is 6.19. The van der Waals surface area contributed by atoms with Gasteiger partial charge in [0.2, 0.25) is 0 Å². The van der Waals surface area contributed by atoms with E-state index >= 15 is 0 Å². The van der Waals surface area contributed by atoms with Gasteiger partial charge in [-0.2, -0.15) is 0 Å². The molecule has 1 aliphatic rings. The zero-order valence-electron chi connectivity index (χ0n) is 12.4. The van der Waals surface area contributed by atoms with Crippen LogP contribution in [0.4, 0.5) is 0 Å². The number of rotatable bonds is 4. The van der Waals surface area contributed by atoms with Gasteiger partial charge in [0, 0.05) is 31.0 Å². The van der Waals surface area contributed by atoms with Crippen LogP contribution in [0.5, 0.6) is 0 Å². The average Bonchev–Trinajstić information content (AvgIpc) is 2.37. The summed E-state index contributed by atoms with van der Waals surface area (Å²) in [5.41, 5.74) is 7.76. The highest BCUT2D eigenvalue weighted by Gasteiger charge is 2.35. The molecule has 1 saturated carbocycles. The summed E-state index contributed by atoms with van der Waals surface area (Å²) in [7, 11) is 0. The first-order chi connectivity index (χ1) is 9.11. The second-order valence-corrected chi connectivity index (χ2v) is 6.13. The van der Waals surface area contributed by atoms with Gasteiger partial charge < -0.3 is 5.73 Å². The van der Waals surface area contributed by atoms with Gasteiger partial charge in [0.15, 0.2) is 0 Å². The van der Waals surface area contributed by atoms with Crippen molar-refractivity contribution in [1.29, 1.82) is 0 Å². The molecule has 0 saturated heterocycles. The lowest BCUT2D eigenvalue weighted by Crippen LogP contribution is -2.54. The van der Waals surface area contributed by atoms with E-state index in [-0.39, 0.29) is 0 Å². The molecule has 2 N–H and O–H groups in total. The number of hydrogen-bond donors (Lipinski definition) is 1. The maximum atomic E-state index is 6.44. The van der Waals surface area contributed by atoms with Crippen molar-refractivity contribution in [3.05, 3.63) is 30.1 Å². The number of hydrogen-bond acceptors (Lipinski definition) is 3. The maximum Gasteiger partial charge on any atom is 0.0276 e. The minimum absolute atomic E-state index is 0.306. The molecule has 3 nitrogen and oxygen atoms in total. The van der Waals surface area contributed by atoms with Crippen molar-refractivity contribution < 1.29 is 0 Å². The topological polar surface area (TPSA) is 42.2 Å². The van der Waals surface area contributed by atoms with Crippen molar-refractivity contribution in [2.24, 2.45) is 17.6 Å². The van der Waals surface area contributed by atoms with Crippen LogP contribution in [0.15, 0.2) is 24.5 Å². The lowest BCUT2D eigenvalue weighted by Gasteiger charge is -2.44. The molecule has 4 unspecified atom stereocenters. The first-order valence-corrected chi connectivity index (χ1v) is 7.50. The van der Waals surface area contributed by atoms with Crippen LogP contribution >= 0.6 is 0 Å². The van der Waals surface area contributed by atoms with Gasteiger partial charge in [0.25, 0.3) is 0 Å². The molecule has 0 spiro atoms. The van der Waals surface area contributed by atoms with Crippen molar-refractivity contribution in [1.82, 2.24) is 9.88 Å². The summed E-state index contributed by atoms with van der Waals surface area (Å²) in [6, 6.07) is 5.02. The van der Waals surface area contributed by atoms with Gasteiger partial charge in [-0.05, 0) is 48.9 Å². The summed E-state index contributed by atoms with van der Waals surface area (Å²) >= 11 is 0. The Balaban J connectivity index is 2.08. The minimum Gasteiger partial charge on any atom is -0.326 e. The predicted octanol–water partition coefficient (Wildman–Crippen LogP) is 2.67. The lowest BCUT2D eigenvalue weighted by atomic mass is 9.76. The van der Waals surface area contributed by atoms with E-state index in [2.05, 4.69) is 42.8 Å². The molecule has 1 fully saturated rings. The third kappa shape index (κ3) is 3.54. The van der Waals surface area contributed by atoms with E-state index in [0.29, 0.717) is 18.0 Å². The van der Waals surface area contributed by atoms with E-state index in [0.717, 1.165) is 25.4 Å². The van der Waals surface area contributed by atoms with Gasteiger partial charge in [0.05, 0.1) is 0 Å². The summed E-state index contributed by atoms with van der Waals surface area (Å²) in [6.45, 7) is 8.95. The summed E-state index contributed by atoms with van der Waals surface area (Å²) in [5, 5.41) is 0. The average molecular weight is 261 g/mol. The molecular weight excluding hydrogens is 234 g/mol. The number of nitrogens with zero attached hydrogens (tertiary/aromatic N) is 2. The van der Waals surface area contributed by atoms with Crippen LogP contribution in [-0.2, 0) is 6.54 Å². The van der Waals surface area contributed by atoms with Gasteiger partial charge in [-0.3, -0.25) is 9.88 Å². The number of aromatic nitrogens is 1. The lowest BCUT2D eigenvalue weighted by molar-refractivity contribution is 0.0735. The van der Waals surface area contributed by atoms with Gasteiger partial charge in [-0.15, -0.1) is 0 Å². The Morgan fingerprint density at radius 1 is 1.26 bits per heavy atom. The Kier molecular flexibility index (Phi) is 4.94. The van der Waals surface area contributed by atoms with Gasteiger partial charge >= 0.3 is 0 Å². The molecule has 1 heterocycles. The standard InChI is InChI=1S/C16H27N3/c1-4-19(11-14-5-7-18-8-6-14)16-13(3)9-12(2)10-15(16)17/h5-8,12-13,15-16H,4,9-11,17H2,1-3H3. The Morgan fingerprint density at radius 2 is 1.95 bits per heavy atom. The van der Waals surface area contributed by atoms with Crippen LogP contribution in [0.1, 0.15) is 39.2 Å². The van der Waals surface area contributed by atoms with Crippen LogP contribution in [0.3, 0.4) is 0 Å². The van der Waals surface area contributed by atoms with E-state index in [1.165, 1.54) is 12.0 Å². The Hall–Kier alpha value is -0.930. The monoisotopic (exact) mass is 261 g/mol. The Bertz CT molecular complexity index is 367. The molecule has 0 amide bonds. The quantitative estimate of drug-likeness (QED) is 0.906. The molecule has 0 aromatic carbocycles. The molecule has 3 heteroatoms. The fourth-order valence-corrected chi connectivity index (χ4v) is 3.68. The zero-order chi connectivity index (χ0) is 13.8. The molecular formula is C16H27N3. The van der Waals surface area contributed by atoms with E-state index in [4.69, 9.17) is 5.73 Å². The molecule has 19 heavy (non-hydrogen) atoms. The summed E-state index contributed by atoms with van der Waals surface area (Å²) < 4.78 is 0. The van der Waals surface area contributed by atoms with Gasteiger partial charge in [-0.25, -0.2) is 0 Å². The van der Waals surface area contributed by atoms with Crippen molar-refractivity contribution in [2.45, 2.75) is 52.2 Å². The molecule has 1 aromatic rings. The van der Waals surface area contributed by atoms with Crippen LogP contribution in [0.2, 0.25) is 0 Å². The van der Waals surface area contributed by atoms with E-state index in [1.807, 2.05) is 12.4 Å². The number of nitrogens with two attached hydrogens (primary N) is 1. The third-order valence-corrected chi connectivity index (χ3v) is 4.43. The number of likely N-dealkylation sites (N-methyl/N-ethyl adjacent to an activating group) is 1. The molecule has 0 aliphatic heterocycles. The zero-order valence-corrected chi connectivity index (χ0v) is 12.4. The highest BCUT2D eigenvalue weighted by atomic mass is 15.2. The first kappa shape index (κ1) is 14.5. The largest absolute Gasteiger partial charge is 0.326 e. The maximum absolute atomic E-state index is 6.44. The Labute approximate surface area is 117 Å². The highest BCUT2D eigenvalue weighted by Crippen LogP contribution is 2.32. The van der Waals surface area contributed by atoms with E-state index in [9.17, 15) is 0 Å². The van der Waals surface area contributed by atoms with Crippen molar-refractivity contribution in [3.8, 4) is 0 Å². The van der Waals surface area contributed by atoms with Crippen molar-refractivity contribution in [2.75, 3.05) is 6.54 Å². The molecule has 1 aliphatic carbocycles. The molecule has 4 atom stereocenters. The highest BCUT2D eigenvalue weighted by molar-refractivity contribution is 5.10. The fourth-order valence-electron chi connectivity index (χ4n) is 3.68. The van der Waals surface area contributed by atoms with Gasteiger partial charge in [0.1, 0.15) is 0 Å². The molecule has 1 aromatic heterocycles. The van der Waals surface area contributed by atoms with Crippen LogP contribution in [-0.4, -0.2) is 28.5 Å². The van der Waals surface area contributed by atoms with Crippen LogP contribution in [0.25, 0.3) is 0 Å². The second-order valence-electron chi connectivity index (χ2n) is 6.13. The minimum atomic E-state index is 0.306. The van der Waals surface area contributed by atoms with Crippen LogP contribution in [0, 0.1) is 11.8 Å². The van der Waals surface area contributed by atoms with Gasteiger partial charge in [-0.1, -0.05) is 20.8 Å². The fraction of sp³-hybridized carbons (Fsp3) is 0.688. The number of pyridine rings is 1. The predicted molar refractivity (Wildman–Crippen MR) is 79.6 cm³/mol. The smallest absolute Gasteiger partial charge is 0.0276 e. The third-order valence-electron chi connectivity index (χ3n) is 4.43. The normalized spacial score (nSPS) is 31.6. The van der Waals surface area contributed by atoms with Crippen LogP contribution < -0.4 is 5.73 Å². The SMILES string of the molecule is CCN(Cc1ccncc1)C1C(C)CC(C)CC1N. The second kappa shape index (κ2) is 6.49. The Morgan fingerprint density at radius 3 is 2.53 bits per heavy atom. The van der Waals surface area contributed by atoms with E-state index in [1.54, 1.807) is 0 Å². The van der Waals surface area contributed by atoms with Crippen molar-refractivity contribution >= 4 is 0 Å². The molecule has 106 valence electrons. The van der Waals surface area contributed by atoms with E-state index < -0.39 is 0 Å². The first-order valence-electron chi connectivity index (χ1n) is 7.50. The molecule has 0 radical (unpaired) electrons.